The molecule has 0 amide bonds. The molecule has 32 heavy (non-hydrogen) atoms. The van der Waals surface area contributed by atoms with Crippen LogP contribution in [-0.4, -0.2) is 4.57 Å². The zero-order valence-corrected chi connectivity index (χ0v) is 18.1. The fraction of sp³-hybridized carbons (Fsp3) is 0. The molecule has 2 heteroatoms. The summed E-state index contributed by atoms with van der Waals surface area (Å²) >= 11 is 6.45. The summed E-state index contributed by atoms with van der Waals surface area (Å²) in [5.74, 6) is 0. The van der Waals surface area contributed by atoms with E-state index in [0.717, 1.165) is 21.6 Å². The van der Waals surface area contributed by atoms with Crippen LogP contribution in [0.4, 0.5) is 0 Å². The second kappa shape index (κ2) is 7.71. The molecule has 0 spiro atoms. The number of hydrogen-bond donors (Lipinski definition) is 0. The molecule has 0 aliphatic rings. The van der Waals surface area contributed by atoms with Crippen molar-refractivity contribution in [2.45, 2.75) is 0 Å². The van der Waals surface area contributed by atoms with Crippen molar-refractivity contribution in [3.63, 3.8) is 0 Å². The maximum Gasteiger partial charge on any atom is 0.0542 e. The summed E-state index contributed by atoms with van der Waals surface area (Å²) in [6, 6.07) is 42.6. The SMILES string of the molecule is Clc1ccc2c(c1)c1cc(-c3ccccc3)ccc1n2-c1ccccc1-c1ccccc1. The summed E-state index contributed by atoms with van der Waals surface area (Å²) in [5.41, 5.74) is 8.30. The van der Waals surface area contributed by atoms with Gasteiger partial charge >= 0.3 is 0 Å². The second-order valence-electron chi connectivity index (χ2n) is 7.98. The van der Waals surface area contributed by atoms with Gasteiger partial charge in [0.1, 0.15) is 0 Å². The van der Waals surface area contributed by atoms with E-state index in [9.17, 15) is 0 Å². The molecule has 1 aromatic heterocycles. The van der Waals surface area contributed by atoms with Gasteiger partial charge in [0.15, 0.2) is 0 Å². The monoisotopic (exact) mass is 429 g/mol. The predicted octanol–water partition coefficient (Wildman–Crippen LogP) is 8.77. The van der Waals surface area contributed by atoms with E-state index in [0.29, 0.717) is 0 Å². The van der Waals surface area contributed by atoms with Crippen LogP contribution in [0, 0.1) is 0 Å². The van der Waals surface area contributed by atoms with E-state index in [1.165, 1.54) is 33.2 Å². The molecule has 0 saturated carbocycles. The van der Waals surface area contributed by atoms with Crippen molar-refractivity contribution in [3.05, 3.63) is 126 Å². The van der Waals surface area contributed by atoms with Gasteiger partial charge in [-0.25, -0.2) is 0 Å². The molecule has 1 heterocycles. The van der Waals surface area contributed by atoms with Crippen LogP contribution in [0.15, 0.2) is 121 Å². The van der Waals surface area contributed by atoms with Gasteiger partial charge in [0.2, 0.25) is 0 Å². The van der Waals surface area contributed by atoms with Gasteiger partial charge in [-0.1, -0.05) is 96.5 Å². The van der Waals surface area contributed by atoms with Crippen LogP contribution in [0.5, 0.6) is 0 Å². The van der Waals surface area contributed by atoms with Crippen molar-refractivity contribution < 1.29 is 0 Å². The first-order valence-electron chi connectivity index (χ1n) is 10.7. The van der Waals surface area contributed by atoms with Crippen LogP contribution in [0.1, 0.15) is 0 Å². The van der Waals surface area contributed by atoms with Crippen LogP contribution in [0.25, 0.3) is 49.7 Å². The Morgan fingerprint density at radius 2 is 1.06 bits per heavy atom. The molecule has 0 saturated heterocycles. The number of para-hydroxylation sites is 1. The third-order valence-electron chi connectivity index (χ3n) is 6.06. The van der Waals surface area contributed by atoms with Gasteiger partial charge in [0, 0.05) is 21.4 Å². The molecule has 1 nitrogen and oxygen atoms in total. The maximum absolute atomic E-state index is 6.45. The van der Waals surface area contributed by atoms with Gasteiger partial charge in [-0.05, 0) is 53.1 Å². The normalized spacial score (nSPS) is 11.3. The Kier molecular flexibility index (Phi) is 4.56. The van der Waals surface area contributed by atoms with Gasteiger partial charge in [-0.15, -0.1) is 0 Å². The first kappa shape index (κ1) is 18.9. The zero-order valence-electron chi connectivity index (χ0n) is 17.4. The van der Waals surface area contributed by atoms with Crippen LogP contribution >= 0.6 is 11.6 Å². The quantitative estimate of drug-likeness (QED) is 0.265. The predicted molar refractivity (Wildman–Crippen MR) is 137 cm³/mol. The van der Waals surface area contributed by atoms with Gasteiger partial charge in [-0.2, -0.15) is 0 Å². The lowest BCUT2D eigenvalue weighted by atomic mass is 10.0. The Morgan fingerprint density at radius 3 is 1.81 bits per heavy atom. The van der Waals surface area contributed by atoms with Gasteiger partial charge in [0.05, 0.1) is 16.7 Å². The fourth-order valence-electron chi connectivity index (χ4n) is 4.60. The van der Waals surface area contributed by atoms with E-state index in [4.69, 9.17) is 11.6 Å². The Balaban J connectivity index is 1.69. The Hall–Kier alpha value is -3.81. The first-order valence-corrected chi connectivity index (χ1v) is 11.1. The summed E-state index contributed by atoms with van der Waals surface area (Å²) < 4.78 is 2.36. The lowest BCUT2D eigenvalue weighted by molar-refractivity contribution is 1.18. The van der Waals surface area contributed by atoms with E-state index in [2.05, 4.69) is 114 Å². The van der Waals surface area contributed by atoms with Gasteiger partial charge in [-0.3, -0.25) is 0 Å². The molecule has 0 atom stereocenters. The van der Waals surface area contributed by atoms with E-state index in [1.54, 1.807) is 0 Å². The van der Waals surface area contributed by atoms with Crippen molar-refractivity contribution >= 4 is 33.4 Å². The molecule has 6 rings (SSSR count). The molecule has 152 valence electrons. The van der Waals surface area contributed by atoms with E-state index in [1.807, 2.05) is 12.1 Å². The average Bonchev–Trinajstić information content (AvgIpc) is 3.18. The van der Waals surface area contributed by atoms with Crippen LogP contribution in [-0.2, 0) is 0 Å². The van der Waals surface area contributed by atoms with Crippen LogP contribution < -0.4 is 0 Å². The van der Waals surface area contributed by atoms with E-state index < -0.39 is 0 Å². The molecule has 0 fully saturated rings. The number of nitrogens with zero attached hydrogens (tertiary/aromatic N) is 1. The Bertz CT molecular complexity index is 1560. The van der Waals surface area contributed by atoms with Crippen LogP contribution in [0.2, 0.25) is 5.02 Å². The molecule has 0 N–H and O–H groups in total. The smallest absolute Gasteiger partial charge is 0.0542 e. The topological polar surface area (TPSA) is 4.93 Å². The third kappa shape index (κ3) is 3.10. The third-order valence-corrected chi connectivity index (χ3v) is 6.30. The molecule has 6 aromatic rings. The second-order valence-corrected chi connectivity index (χ2v) is 8.41. The summed E-state index contributed by atoms with van der Waals surface area (Å²) in [7, 11) is 0. The van der Waals surface area contributed by atoms with E-state index in [-0.39, 0.29) is 0 Å². The van der Waals surface area contributed by atoms with Crippen molar-refractivity contribution in [1.82, 2.24) is 4.57 Å². The van der Waals surface area contributed by atoms with Crippen molar-refractivity contribution in [1.29, 1.82) is 0 Å². The highest BCUT2D eigenvalue weighted by Gasteiger charge is 2.16. The minimum atomic E-state index is 0.748. The van der Waals surface area contributed by atoms with Gasteiger partial charge in [0.25, 0.3) is 0 Å². The number of halogens is 1. The minimum Gasteiger partial charge on any atom is -0.309 e. The highest BCUT2D eigenvalue weighted by atomic mass is 35.5. The molecular weight excluding hydrogens is 410 g/mol. The van der Waals surface area contributed by atoms with Crippen molar-refractivity contribution in [2.75, 3.05) is 0 Å². The number of benzene rings is 5. The molecule has 0 bridgehead atoms. The summed E-state index contributed by atoms with van der Waals surface area (Å²) in [5, 5.41) is 3.11. The number of hydrogen-bond acceptors (Lipinski definition) is 0. The van der Waals surface area contributed by atoms with E-state index >= 15 is 0 Å². The maximum atomic E-state index is 6.45. The van der Waals surface area contributed by atoms with Crippen LogP contribution in [0.3, 0.4) is 0 Å². The summed E-state index contributed by atoms with van der Waals surface area (Å²) in [6.45, 7) is 0. The fourth-order valence-corrected chi connectivity index (χ4v) is 4.77. The average molecular weight is 430 g/mol. The first-order chi connectivity index (χ1) is 15.8. The van der Waals surface area contributed by atoms with Crippen molar-refractivity contribution in [2.24, 2.45) is 0 Å². The Labute approximate surface area is 192 Å². The number of rotatable bonds is 3. The molecule has 0 aliphatic heterocycles. The van der Waals surface area contributed by atoms with Crippen molar-refractivity contribution in [3.8, 4) is 27.9 Å². The molecule has 5 aromatic carbocycles. The Morgan fingerprint density at radius 1 is 0.469 bits per heavy atom. The number of fused-ring (bicyclic) bond motifs is 3. The molecule has 0 aliphatic carbocycles. The summed E-state index contributed by atoms with van der Waals surface area (Å²) in [4.78, 5) is 0. The molecular formula is C30H20ClN. The lowest BCUT2D eigenvalue weighted by Crippen LogP contribution is -1.97. The lowest BCUT2D eigenvalue weighted by Gasteiger charge is -2.14. The minimum absolute atomic E-state index is 0.748. The molecule has 0 radical (unpaired) electrons. The summed E-state index contributed by atoms with van der Waals surface area (Å²) in [6.07, 6.45) is 0. The number of aromatic nitrogens is 1. The van der Waals surface area contributed by atoms with Gasteiger partial charge < -0.3 is 4.57 Å². The highest BCUT2D eigenvalue weighted by molar-refractivity contribution is 6.32. The zero-order chi connectivity index (χ0) is 21.5. The molecule has 0 unspecified atom stereocenters. The standard InChI is InChI=1S/C30H20ClN/c31-24-16-18-30-27(20-24)26-19-23(21-9-3-1-4-10-21)15-17-29(26)32(30)28-14-8-7-13-25(28)22-11-5-2-6-12-22/h1-20H. The highest BCUT2D eigenvalue weighted by Crippen LogP contribution is 2.38. The largest absolute Gasteiger partial charge is 0.309 e.